The molecule has 0 amide bonds. The summed E-state index contributed by atoms with van der Waals surface area (Å²) < 4.78 is 47.8. The molecular weight excluding hydrogens is 390 g/mol. The zero-order valence-electron chi connectivity index (χ0n) is 16.9. The fourth-order valence-corrected chi connectivity index (χ4v) is 3.62. The topological polar surface area (TPSA) is 36.9 Å². The van der Waals surface area contributed by atoms with Gasteiger partial charge in [-0.1, -0.05) is 55.5 Å². The maximum Gasteiger partial charge on any atom is 0.266 e. The number of ether oxygens (including phenoxy) is 4. The van der Waals surface area contributed by atoms with E-state index in [1.165, 1.54) is 0 Å². The minimum Gasteiger partial charge on any atom is -0.352 e. The summed E-state index contributed by atoms with van der Waals surface area (Å²) in [6.45, 7) is 4.57. The highest BCUT2D eigenvalue weighted by Crippen LogP contribution is 2.30. The number of allylic oxidation sites excluding steroid dienone is 1. The van der Waals surface area contributed by atoms with E-state index in [-0.39, 0.29) is 18.6 Å². The molecule has 4 rings (SSSR count). The van der Waals surface area contributed by atoms with Crippen molar-refractivity contribution in [2.45, 2.75) is 25.9 Å². The first kappa shape index (κ1) is 21.1. The summed E-state index contributed by atoms with van der Waals surface area (Å²) >= 11 is 0. The number of rotatable bonds is 5. The quantitative estimate of drug-likeness (QED) is 0.659. The van der Waals surface area contributed by atoms with Crippen molar-refractivity contribution in [3.63, 3.8) is 0 Å². The van der Waals surface area contributed by atoms with Crippen LogP contribution in [0, 0.1) is 11.8 Å². The molecule has 2 fully saturated rings. The normalized spacial score (nSPS) is 26.9. The van der Waals surface area contributed by atoms with Gasteiger partial charge >= 0.3 is 0 Å². The first-order valence-electron chi connectivity index (χ1n) is 10.3. The Kier molecular flexibility index (Phi) is 6.89. The summed E-state index contributed by atoms with van der Waals surface area (Å²) in [4.78, 5) is 0. The van der Waals surface area contributed by atoms with Crippen LogP contribution in [0.25, 0.3) is 11.1 Å². The van der Waals surface area contributed by atoms with Crippen LogP contribution >= 0.6 is 0 Å². The lowest BCUT2D eigenvalue weighted by Gasteiger charge is -2.37. The van der Waals surface area contributed by atoms with Gasteiger partial charge in [0.05, 0.1) is 32.3 Å². The van der Waals surface area contributed by atoms with Crippen LogP contribution in [0.5, 0.6) is 0 Å². The van der Waals surface area contributed by atoms with Crippen LogP contribution in [-0.2, 0) is 25.4 Å². The number of hydrogen-bond donors (Lipinski definition) is 0. The summed E-state index contributed by atoms with van der Waals surface area (Å²) in [5.41, 5.74) is 3.88. The molecule has 2 aliphatic rings. The third kappa shape index (κ3) is 5.32. The molecule has 30 heavy (non-hydrogen) atoms. The Hall–Kier alpha value is -2.12. The van der Waals surface area contributed by atoms with Gasteiger partial charge < -0.3 is 18.9 Å². The molecule has 2 saturated heterocycles. The Labute approximate surface area is 175 Å². The van der Waals surface area contributed by atoms with Gasteiger partial charge in [-0.05, 0) is 29.2 Å². The van der Waals surface area contributed by atoms with Gasteiger partial charge in [0, 0.05) is 11.5 Å². The molecule has 0 radical (unpaired) electrons. The van der Waals surface area contributed by atoms with Crippen molar-refractivity contribution in [2.24, 2.45) is 11.8 Å². The molecule has 6 heteroatoms. The summed E-state index contributed by atoms with van der Waals surface area (Å²) in [5.74, 6) is 0.497. The second kappa shape index (κ2) is 9.79. The molecule has 0 spiro atoms. The van der Waals surface area contributed by atoms with Gasteiger partial charge in [-0.2, -0.15) is 8.78 Å². The van der Waals surface area contributed by atoms with E-state index in [2.05, 4.69) is 6.92 Å². The fraction of sp³-hybridized carbons (Fsp3) is 0.417. The SMILES string of the molecule is CC1COC(C2COC(c3ccc(-c4ccc(CC=C(F)F)cc4)cc3)OC2)OC1. The van der Waals surface area contributed by atoms with Crippen LogP contribution in [0.4, 0.5) is 8.78 Å². The number of halogens is 2. The number of hydrogen-bond acceptors (Lipinski definition) is 4. The summed E-state index contributed by atoms with van der Waals surface area (Å²) in [6.07, 6.45) is -1.16. The molecular formula is C24H26F2O4. The van der Waals surface area contributed by atoms with E-state index in [4.69, 9.17) is 18.9 Å². The average molecular weight is 416 g/mol. The van der Waals surface area contributed by atoms with Gasteiger partial charge in [-0.25, -0.2) is 0 Å². The van der Waals surface area contributed by atoms with Gasteiger partial charge in [-0.3, -0.25) is 0 Å². The molecule has 0 atom stereocenters. The maximum absolute atomic E-state index is 12.2. The van der Waals surface area contributed by atoms with E-state index < -0.39 is 12.4 Å². The Morgan fingerprint density at radius 2 is 1.40 bits per heavy atom. The van der Waals surface area contributed by atoms with Crippen LogP contribution in [-0.4, -0.2) is 32.7 Å². The van der Waals surface area contributed by atoms with Crippen LogP contribution < -0.4 is 0 Å². The van der Waals surface area contributed by atoms with E-state index in [1.807, 2.05) is 48.5 Å². The first-order valence-corrected chi connectivity index (χ1v) is 10.3. The average Bonchev–Trinajstić information content (AvgIpc) is 2.79. The largest absolute Gasteiger partial charge is 0.352 e. The smallest absolute Gasteiger partial charge is 0.266 e. The standard InChI is InChI=1S/C24H26F2O4/c1-16-12-27-24(28-13-16)21-14-29-23(30-15-21)20-9-7-19(8-10-20)18-5-2-17(3-6-18)4-11-22(25)26/h2-3,5-11,16,21,23-24H,4,12-15H2,1H3. The first-order chi connectivity index (χ1) is 14.6. The van der Waals surface area contributed by atoms with Crippen LogP contribution in [0.3, 0.4) is 0 Å². The third-order valence-corrected chi connectivity index (χ3v) is 5.36. The monoisotopic (exact) mass is 416 g/mol. The molecule has 0 aliphatic carbocycles. The lowest BCUT2D eigenvalue weighted by atomic mass is 10.0. The fourth-order valence-electron chi connectivity index (χ4n) is 3.62. The van der Waals surface area contributed by atoms with Crippen molar-refractivity contribution in [3.05, 3.63) is 71.8 Å². The highest BCUT2D eigenvalue weighted by atomic mass is 19.3. The second-order valence-electron chi connectivity index (χ2n) is 7.92. The third-order valence-electron chi connectivity index (χ3n) is 5.36. The molecule has 2 aromatic rings. The number of benzene rings is 2. The van der Waals surface area contributed by atoms with Gasteiger partial charge in [0.1, 0.15) is 0 Å². The van der Waals surface area contributed by atoms with Gasteiger partial charge in [0.15, 0.2) is 12.6 Å². The summed E-state index contributed by atoms with van der Waals surface area (Å²) in [5, 5.41) is 0. The molecule has 2 aromatic carbocycles. The van der Waals surface area contributed by atoms with Gasteiger partial charge in [0.25, 0.3) is 6.08 Å². The highest BCUT2D eigenvalue weighted by Gasteiger charge is 2.33. The molecule has 0 aromatic heterocycles. The Morgan fingerprint density at radius 1 is 0.833 bits per heavy atom. The van der Waals surface area contributed by atoms with Crippen molar-refractivity contribution < 1.29 is 27.7 Å². The van der Waals surface area contributed by atoms with E-state index in [9.17, 15) is 8.78 Å². The minimum atomic E-state index is -1.65. The van der Waals surface area contributed by atoms with E-state index >= 15 is 0 Å². The van der Waals surface area contributed by atoms with Crippen LogP contribution in [0.2, 0.25) is 0 Å². The van der Waals surface area contributed by atoms with Gasteiger partial charge in [-0.15, -0.1) is 0 Å². The van der Waals surface area contributed by atoms with Gasteiger partial charge in [0.2, 0.25) is 0 Å². The van der Waals surface area contributed by atoms with Crippen molar-refractivity contribution >= 4 is 0 Å². The zero-order chi connectivity index (χ0) is 20.9. The Bertz CT molecular complexity index is 831. The lowest BCUT2D eigenvalue weighted by molar-refractivity contribution is -0.281. The molecule has 4 nitrogen and oxygen atoms in total. The predicted molar refractivity (Wildman–Crippen MR) is 109 cm³/mol. The second-order valence-corrected chi connectivity index (χ2v) is 7.92. The summed E-state index contributed by atoms with van der Waals surface area (Å²) in [7, 11) is 0. The molecule has 0 unspecified atom stereocenters. The summed E-state index contributed by atoms with van der Waals surface area (Å²) in [6, 6.07) is 15.6. The Morgan fingerprint density at radius 3 is 1.97 bits per heavy atom. The lowest BCUT2D eigenvalue weighted by Crippen LogP contribution is -2.42. The van der Waals surface area contributed by atoms with Crippen LogP contribution in [0.15, 0.2) is 60.7 Å². The molecule has 0 saturated carbocycles. The van der Waals surface area contributed by atoms with Crippen molar-refractivity contribution in [1.29, 1.82) is 0 Å². The maximum atomic E-state index is 12.2. The van der Waals surface area contributed by atoms with E-state index in [0.29, 0.717) is 32.3 Å². The zero-order valence-corrected chi connectivity index (χ0v) is 16.9. The molecule has 0 N–H and O–H groups in total. The van der Waals surface area contributed by atoms with Crippen LogP contribution in [0.1, 0.15) is 24.3 Å². The van der Waals surface area contributed by atoms with Crippen molar-refractivity contribution in [2.75, 3.05) is 26.4 Å². The molecule has 160 valence electrons. The van der Waals surface area contributed by atoms with E-state index in [0.717, 1.165) is 28.3 Å². The van der Waals surface area contributed by atoms with E-state index in [1.54, 1.807) is 0 Å². The molecule has 2 aliphatic heterocycles. The molecule has 0 bridgehead atoms. The van der Waals surface area contributed by atoms with Crippen molar-refractivity contribution in [1.82, 2.24) is 0 Å². The molecule has 2 heterocycles. The highest BCUT2D eigenvalue weighted by molar-refractivity contribution is 5.64. The predicted octanol–water partition coefficient (Wildman–Crippen LogP) is 5.35. The Balaban J connectivity index is 1.32. The van der Waals surface area contributed by atoms with Crippen molar-refractivity contribution in [3.8, 4) is 11.1 Å². The minimum absolute atomic E-state index is 0.0762.